The minimum Gasteiger partial charge on any atom is -0.488 e. The number of hydrogen-bond donors (Lipinski definition) is 2. The highest BCUT2D eigenvalue weighted by Gasteiger charge is 2.37. The van der Waals surface area contributed by atoms with Crippen LogP contribution in [0.3, 0.4) is 0 Å². The molecular weight excluding hydrogens is 270 g/mol. The summed E-state index contributed by atoms with van der Waals surface area (Å²) in [4.78, 5) is 23.2. The van der Waals surface area contributed by atoms with Crippen molar-refractivity contribution in [2.75, 3.05) is 0 Å². The minimum atomic E-state index is -0.974. The van der Waals surface area contributed by atoms with Gasteiger partial charge in [0.15, 0.2) is 0 Å². The summed E-state index contributed by atoms with van der Waals surface area (Å²) in [5.41, 5.74) is 0.132. The first-order valence-corrected chi connectivity index (χ1v) is 7.09. The fourth-order valence-electron chi connectivity index (χ4n) is 2.06. The molecule has 0 heterocycles. The summed E-state index contributed by atoms with van der Waals surface area (Å²) in [6.45, 7) is 5.84. The largest absolute Gasteiger partial charge is 0.488 e. The number of carboxylic acid groups (broad SMARTS) is 1. The molecule has 1 aliphatic carbocycles. The molecule has 0 radical (unpaired) electrons. The van der Waals surface area contributed by atoms with Crippen LogP contribution in [0.15, 0.2) is 24.3 Å². The molecule has 1 saturated carbocycles. The van der Waals surface area contributed by atoms with Crippen molar-refractivity contribution in [1.82, 2.24) is 5.32 Å². The Morgan fingerprint density at radius 1 is 1.24 bits per heavy atom. The van der Waals surface area contributed by atoms with Gasteiger partial charge in [-0.3, -0.25) is 4.79 Å². The van der Waals surface area contributed by atoms with E-state index in [1.54, 1.807) is 24.3 Å². The lowest BCUT2D eigenvalue weighted by atomic mass is 10.1. The number of carbonyl (C=O) groups excluding carboxylic acids is 1. The number of rotatable bonds is 5. The van der Waals surface area contributed by atoms with E-state index in [2.05, 4.69) is 5.32 Å². The third-order valence-electron chi connectivity index (χ3n) is 3.19. The number of carbonyl (C=O) groups is 2. The van der Waals surface area contributed by atoms with Gasteiger partial charge < -0.3 is 15.2 Å². The molecule has 1 amide bonds. The Hall–Kier alpha value is -2.04. The van der Waals surface area contributed by atoms with E-state index in [1.807, 2.05) is 20.8 Å². The maximum atomic E-state index is 12.1. The van der Waals surface area contributed by atoms with Crippen LogP contribution in [0.1, 0.15) is 44.0 Å². The van der Waals surface area contributed by atoms with Crippen LogP contribution < -0.4 is 10.1 Å². The zero-order valence-corrected chi connectivity index (χ0v) is 12.6. The molecule has 2 N–H and O–H groups in total. The normalized spacial score (nSPS) is 16.1. The predicted octanol–water partition coefficient (Wildman–Crippen LogP) is 2.46. The summed E-state index contributed by atoms with van der Waals surface area (Å²) in [7, 11) is 0. The molecule has 2 rings (SSSR count). The van der Waals surface area contributed by atoms with Gasteiger partial charge in [-0.25, -0.2) is 4.79 Å². The summed E-state index contributed by atoms with van der Waals surface area (Å²) >= 11 is 0. The van der Waals surface area contributed by atoms with Crippen LogP contribution in [-0.4, -0.2) is 28.6 Å². The Bertz CT molecular complexity index is 526. The van der Waals surface area contributed by atoms with Gasteiger partial charge in [0.2, 0.25) is 0 Å². The van der Waals surface area contributed by atoms with Gasteiger partial charge >= 0.3 is 5.97 Å². The molecule has 1 atom stereocenters. The summed E-state index contributed by atoms with van der Waals surface area (Å²) < 4.78 is 5.68. The number of nitrogens with one attached hydrogen (secondary N) is 1. The van der Waals surface area contributed by atoms with E-state index in [9.17, 15) is 9.59 Å². The van der Waals surface area contributed by atoms with Gasteiger partial charge in [0.05, 0.1) is 0 Å². The molecule has 1 aromatic carbocycles. The van der Waals surface area contributed by atoms with E-state index < -0.39 is 12.0 Å². The smallest absolute Gasteiger partial charge is 0.326 e. The van der Waals surface area contributed by atoms with Gasteiger partial charge in [-0.15, -0.1) is 0 Å². The van der Waals surface area contributed by atoms with Gasteiger partial charge in [-0.2, -0.15) is 0 Å². The van der Waals surface area contributed by atoms with Crippen molar-refractivity contribution < 1.29 is 19.4 Å². The first-order valence-electron chi connectivity index (χ1n) is 7.09. The molecule has 1 aromatic rings. The molecule has 114 valence electrons. The molecule has 0 aromatic heterocycles. The van der Waals surface area contributed by atoms with Crippen molar-refractivity contribution in [2.24, 2.45) is 5.92 Å². The molecule has 21 heavy (non-hydrogen) atoms. The lowest BCUT2D eigenvalue weighted by molar-refractivity contribution is -0.139. The zero-order chi connectivity index (χ0) is 15.6. The van der Waals surface area contributed by atoms with Gasteiger partial charge in [0, 0.05) is 5.56 Å². The number of ether oxygens (including phenoxy) is 1. The fourth-order valence-corrected chi connectivity index (χ4v) is 2.06. The number of amides is 1. The van der Waals surface area contributed by atoms with E-state index >= 15 is 0 Å². The molecule has 0 saturated heterocycles. The first kappa shape index (κ1) is 15.4. The van der Waals surface area contributed by atoms with Crippen molar-refractivity contribution in [3.05, 3.63) is 29.8 Å². The van der Waals surface area contributed by atoms with E-state index in [1.165, 1.54) is 0 Å². The second kappa shape index (κ2) is 5.76. The van der Waals surface area contributed by atoms with E-state index in [4.69, 9.17) is 9.84 Å². The Balaban J connectivity index is 2.01. The molecule has 1 aliphatic rings. The summed E-state index contributed by atoms with van der Waals surface area (Å²) in [5.74, 6) is -0.596. The van der Waals surface area contributed by atoms with Crippen molar-refractivity contribution >= 4 is 11.9 Å². The van der Waals surface area contributed by atoms with Crippen molar-refractivity contribution in [3.8, 4) is 5.75 Å². The highest BCUT2D eigenvalue weighted by atomic mass is 16.5. The topological polar surface area (TPSA) is 75.6 Å². The number of benzene rings is 1. The summed E-state index contributed by atoms with van der Waals surface area (Å²) in [6, 6.07) is 5.92. The second-order valence-corrected chi connectivity index (χ2v) is 6.37. The Morgan fingerprint density at radius 2 is 1.81 bits per heavy atom. The SMILES string of the molecule is CC(C)(C)Oc1ccc(C(=O)NC(C(=O)O)C2CC2)cc1. The minimum absolute atomic E-state index is 0.0648. The molecule has 1 fully saturated rings. The molecule has 5 nitrogen and oxygen atoms in total. The van der Waals surface area contributed by atoms with Gasteiger partial charge in [-0.1, -0.05) is 0 Å². The lowest BCUT2D eigenvalue weighted by Gasteiger charge is -2.21. The van der Waals surface area contributed by atoms with Gasteiger partial charge in [0.1, 0.15) is 17.4 Å². The van der Waals surface area contributed by atoms with Crippen LogP contribution >= 0.6 is 0 Å². The average Bonchev–Trinajstić information content (AvgIpc) is 3.18. The quantitative estimate of drug-likeness (QED) is 0.873. The second-order valence-electron chi connectivity index (χ2n) is 6.37. The van der Waals surface area contributed by atoms with Gasteiger partial charge in [-0.05, 0) is 63.8 Å². The highest BCUT2D eigenvalue weighted by molar-refractivity contribution is 5.96. The van der Waals surface area contributed by atoms with Crippen LogP contribution in [-0.2, 0) is 4.79 Å². The third kappa shape index (κ3) is 4.48. The molecule has 0 spiro atoms. The number of aliphatic carboxylic acids is 1. The maximum Gasteiger partial charge on any atom is 0.326 e. The van der Waals surface area contributed by atoms with Crippen molar-refractivity contribution in [3.63, 3.8) is 0 Å². The van der Waals surface area contributed by atoms with E-state index in [0.717, 1.165) is 12.8 Å². The number of carboxylic acids is 1. The Kier molecular flexibility index (Phi) is 4.21. The van der Waals surface area contributed by atoms with Crippen molar-refractivity contribution in [1.29, 1.82) is 0 Å². The van der Waals surface area contributed by atoms with Crippen LogP contribution in [0, 0.1) is 5.92 Å². The first-order chi connectivity index (χ1) is 9.76. The highest BCUT2D eigenvalue weighted by Crippen LogP contribution is 2.32. The molecule has 5 heteroatoms. The summed E-state index contributed by atoms with van der Waals surface area (Å²) in [5, 5.41) is 11.7. The lowest BCUT2D eigenvalue weighted by Crippen LogP contribution is -2.42. The fraction of sp³-hybridized carbons (Fsp3) is 0.500. The van der Waals surface area contributed by atoms with Crippen LogP contribution in [0.2, 0.25) is 0 Å². The number of hydrogen-bond acceptors (Lipinski definition) is 3. The maximum absolute atomic E-state index is 12.1. The van der Waals surface area contributed by atoms with E-state index in [0.29, 0.717) is 11.3 Å². The molecular formula is C16H21NO4. The average molecular weight is 291 g/mol. The van der Waals surface area contributed by atoms with Crippen LogP contribution in [0.5, 0.6) is 5.75 Å². The molecule has 0 aliphatic heterocycles. The summed E-state index contributed by atoms with van der Waals surface area (Å²) in [6.07, 6.45) is 1.71. The predicted molar refractivity (Wildman–Crippen MR) is 78.4 cm³/mol. The van der Waals surface area contributed by atoms with Gasteiger partial charge in [0.25, 0.3) is 5.91 Å². The van der Waals surface area contributed by atoms with Crippen molar-refractivity contribution in [2.45, 2.75) is 45.3 Å². The molecule has 1 unspecified atom stereocenters. The zero-order valence-electron chi connectivity index (χ0n) is 12.6. The molecule has 0 bridgehead atoms. The Morgan fingerprint density at radius 3 is 2.24 bits per heavy atom. The van der Waals surface area contributed by atoms with Crippen LogP contribution in [0.4, 0.5) is 0 Å². The van der Waals surface area contributed by atoms with Crippen LogP contribution in [0.25, 0.3) is 0 Å². The third-order valence-corrected chi connectivity index (χ3v) is 3.19. The monoisotopic (exact) mass is 291 g/mol. The standard InChI is InChI=1S/C16H21NO4/c1-16(2,3)21-12-8-6-11(7-9-12)14(18)17-13(15(19)20)10-4-5-10/h6-10,13H,4-5H2,1-3H3,(H,17,18)(H,19,20). The Labute approximate surface area is 124 Å². The van der Waals surface area contributed by atoms with E-state index in [-0.39, 0.29) is 17.4 Å².